The lowest BCUT2D eigenvalue weighted by molar-refractivity contribution is -0.197. The molecule has 1 aromatic rings. The Kier molecular flexibility index (Phi) is 9.93. The van der Waals surface area contributed by atoms with Crippen molar-refractivity contribution in [1.29, 1.82) is 0 Å². The van der Waals surface area contributed by atoms with Crippen molar-refractivity contribution in [3.05, 3.63) is 30.3 Å². The maximum Gasteiger partial charge on any atom is 0.162 e. The highest BCUT2D eigenvalue weighted by Gasteiger charge is 2.19. The van der Waals surface area contributed by atoms with Crippen molar-refractivity contribution >= 4 is 0 Å². The quantitative estimate of drug-likeness (QED) is 0.415. The monoisotopic (exact) mass is 308 g/mol. The van der Waals surface area contributed by atoms with Crippen molar-refractivity contribution in [2.24, 2.45) is 0 Å². The van der Waals surface area contributed by atoms with Crippen molar-refractivity contribution in [3.8, 4) is 5.75 Å². The minimum Gasteiger partial charge on any atom is -0.491 e. The Balaban J connectivity index is 2.01. The molecular formula is C19H32O3. The highest BCUT2D eigenvalue weighted by molar-refractivity contribution is 5.20. The van der Waals surface area contributed by atoms with Gasteiger partial charge in [0.1, 0.15) is 12.4 Å². The molecule has 1 unspecified atom stereocenters. The summed E-state index contributed by atoms with van der Waals surface area (Å²) in [6, 6.07) is 9.66. The molecule has 0 fully saturated rings. The first kappa shape index (κ1) is 19.0. The second kappa shape index (κ2) is 11.5. The summed E-state index contributed by atoms with van der Waals surface area (Å²) in [4.78, 5) is 0. The lowest BCUT2D eigenvalue weighted by Crippen LogP contribution is -2.30. The topological polar surface area (TPSA) is 38.7 Å². The minimum absolute atomic E-state index is 0.401. The first-order valence-corrected chi connectivity index (χ1v) is 8.68. The normalized spacial score (nSPS) is 13.8. The fourth-order valence-corrected chi connectivity index (χ4v) is 2.42. The molecule has 0 spiro atoms. The van der Waals surface area contributed by atoms with Gasteiger partial charge >= 0.3 is 0 Å². The molecule has 1 aromatic carbocycles. The lowest BCUT2D eigenvalue weighted by Gasteiger charge is -2.23. The maximum absolute atomic E-state index is 10.2. The summed E-state index contributed by atoms with van der Waals surface area (Å²) < 4.78 is 11.1. The first-order valence-electron chi connectivity index (χ1n) is 8.68. The number of ether oxygens (including phenoxy) is 2. The lowest BCUT2D eigenvalue weighted by atomic mass is 10.1. The molecule has 0 radical (unpaired) electrons. The highest BCUT2D eigenvalue weighted by Crippen LogP contribution is 2.17. The Bertz CT molecular complexity index is 362. The summed E-state index contributed by atoms with van der Waals surface area (Å²) in [6.07, 6.45) is 9.39. The number of unbranched alkanes of at least 4 members (excludes halogenated alkanes) is 6. The largest absolute Gasteiger partial charge is 0.491 e. The molecule has 0 aliphatic carbocycles. The summed E-state index contributed by atoms with van der Waals surface area (Å²) >= 11 is 0. The van der Waals surface area contributed by atoms with E-state index in [9.17, 15) is 5.11 Å². The molecular weight excluding hydrogens is 276 g/mol. The van der Waals surface area contributed by atoms with Crippen LogP contribution in [-0.2, 0) is 4.74 Å². The van der Waals surface area contributed by atoms with Crippen LogP contribution in [0.1, 0.15) is 65.2 Å². The van der Waals surface area contributed by atoms with Crippen molar-refractivity contribution < 1.29 is 14.6 Å². The summed E-state index contributed by atoms with van der Waals surface area (Å²) in [5.74, 6) is -0.207. The second-order valence-corrected chi connectivity index (χ2v) is 6.06. The van der Waals surface area contributed by atoms with Crippen molar-refractivity contribution in [3.63, 3.8) is 0 Å². The molecule has 0 aromatic heterocycles. The molecule has 3 nitrogen and oxygen atoms in total. The van der Waals surface area contributed by atoms with Crippen LogP contribution in [0.2, 0.25) is 0 Å². The van der Waals surface area contributed by atoms with Crippen LogP contribution in [0, 0.1) is 0 Å². The Labute approximate surface area is 135 Å². The van der Waals surface area contributed by atoms with Crippen molar-refractivity contribution in [1.82, 2.24) is 0 Å². The van der Waals surface area contributed by atoms with Gasteiger partial charge in [0.2, 0.25) is 0 Å². The van der Waals surface area contributed by atoms with E-state index in [0.717, 1.165) is 12.2 Å². The standard InChI is InChI=1S/C19H32O3/c1-3-4-5-6-7-8-12-15-19(2,20)22-17-16-21-18-13-10-9-11-14-18/h9-11,13-14,20H,3-8,12,15-17H2,1-2H3. The van der Waals surface area contributed by atoms with Crippen LogP contribution in [-0.4, -0.2) is 24.1 Å². The van der Waals surface area contributed by atoms with E-state index >= 15 is 0 Å². The molecule has 0 amide bonds. The Morgan fingerprint density at radius 1 is 0.909 bits per heavy atom. The van der Waals surface area contributed by atoms with E-state index in [1.165, 1.54) is 38.5 Å². The van der Waals surface area contributed by atoms with Crippen LogP contribution < -0.4 is 4.74 Å². The zero-order valence-electron chi connectivity index (χ0n) is 14.2. The zero-order chi connectivity index (χ0) is 16.1. The van der Waals surface area contributed by atoms with Gasteiger partial charge in [0.25, 0.3) is 0 Å². The molecule has 3 heteroatoms. The molecule has 0 bridgehead atoms. The molecule has 1 atom stereocenters. The fourth-order valence-electron chi connectivity index (χ4n) is 2.42. The third kappa shape index (κ3) is 9.80. The number of aliphatic hydroxyl groups is 1. The highest BCUT2D eigenvalue weighted by atomic mass is 16.6. The number of rotatable bonds is 13. The van der Waals surface area contributed by atoms with Gasteiger partial charge in [-0.15, -0.1) is 0 Å². The molecule has 1 rings (SSSR count). The van der Waals surface area contributed by atoms with E-state index in [2.05, 4.69) is 6.92 Å². The van der Waals surface area contributed by atoms with Gasteiger partial charge in [-0.3, -0.25) is 0 Å². The third-order valence-corrected chi connectivity index (χ3v) is 3.75. The van der Waals surface area contributed by atoms with Gasteiger partial charge in [-0.05, 0) is 25.5 Å². The molecule has 0 saturated heterocycles. The molecule has 0 heterocycles. The van der Waals surface area contributed by atoms with Gasteiger partial charge in [0.05, 0.1) is 6.61 Å². The van der Waals surface area contributed by atoms with Gasteiger partial charge in [0.15, 0.2) is 5.79 Å². The van der Waals surface area contributed by atoms with E-state index in [4.69, 9.17) is 9.47 Å². The average Bonchev–Trinajstić information content (AvgIpc) is 2.52. The third-order valence-electron chi connectivity index (χ3n) is 3.75. The summed E-state index contributed by atoms with van der Waals surface area (Å²) in [5, 5.41) is 10.2. The molecule has 22 heavy (non-hydrogen) atoms. The Hall–Kier alpha value is -1.06. The zero-order valence-corrected chi connectivity index (χ0v) is 14.2. The predicted octanol–water partition coefficient (Wildman–Crippen LogP) is 4.93. The number of benzene rings is 1. The average molecular weight is 308 g/mol. The van der Waals surface area contributed by atoms with E-state index in [-0.39, 0.29) is 0 Å². The second-order valence-electron chi connectivity index (χ2n) is 6.06. The number of hydrogen-bond acceptors (Lipinski definition) is 3. The summed E-state index contributed by atoms with van der Waals surface area (Å²) in [5.41, 5.74) is 0. The smallest absolute Gasteiger partial charge is 0.162 e. The van der Waals surface area contributed by atoms with E-state index in [1.807, 2.05) is 30.3 Å². The van der Waals surface area contributed by atoms with Gasteiger partial charge in [0, 0.05) is 6.42 Å². The van der Waals surface area contributed by atoms with Crippen LogP contribution in [0.4, 0.5) is 0 Å². The van der Waals surface area contributed by atoms with Crippen molar-refractivity contribution in [2.75, 3.05) is 13.2 Å². The van der Waals surface area contributed by atoms with Gasteiger partial charge in [-0.2, -0.15) is 0 Å². The Morgan fingerprint density at radius 3 is 2.23 bits per heavy atom. The molecule has 1 N–H and O–H groups in total. The molecule has 0 aliphatic rings. The summed E-state index contributed by atoms with van der Waals surface area (Å²) in [7, 11) is 0. The van der Waals surface area contributed by atoms with Gasteiger partial charge < -0.3 is 14.6 Å². The molecule has 126 valence electrons. The number of para-hydroxylation sites is 1. The maximum atomic E-state index is 10.2. The first-order chi connectivity index (χ1) is 10.6. The van der Waals surface area contributed by atoms with Crippen LogP contribution in [0.5, 0.6) is 5.75 Å². The van der Waals surface area contributed by atoms with Crippen LogP contribution in [0.25, 0.3) is 0 Å². The molecule has 0 saturated carbocycles. The number of hydrogen-bond donors (Lipinski definition) is 1. The van der Waals surface area contributed by atoms with Gasteiger partial charge in [-0.25, -0.2) is 0 Å². The minimum atomic E-state index is -1.04. The SMILES string of the molecule is CCCCCCCCCC(C)(O)OCCOc1ccccc1. The molecule has 0 aliphatic heterocycles. The van der Waals surface area contributed by atoms with Crippen LogP contribution in [0.3, 0.4) is 0 Å². The van der Waals surface area contributed by atoms with E-state index < -0.39 is 5.79 Å². The van der Waals surface area contributed by atoms with E-state index in [0.29, 0.717) is 19.6 Å². The van der Waals surface area contributed by atoms with Gasteiger partial charge in [-0.1, -0.05) is 63.6 Å². The van der Waals surface area contributed by atoms with Crippen molar-refractivity contribution in [2.45, 2.75) is 71.0 Å². The van der Waals surface area contributed by atoms with Crippen LogP contribution >= 0.6 is 0 Å². The Morgan fingerprint density at radius 2 is 1.55 bits per heavy atom. The summed E-state index contributed by atoms with van der Waals surface area (Å²) in [6.45, 7) is 4.83. The fraction of sp³-hybridized carbons (Fsp3) is 0.684. The van der Waals surface area contributed by atoms with E-state index in [1.54, 1.807) is 6.92 Å². The van der Waals surface area contributed by atoms with Crippen LogP contribution in [0.15, 0.2) is 30.3 Å². The predicted molar refractivity (Wildman–Crippen MR) is 91.1 cm³/mol.